The number of ether oxygens (including phenoxy) is 2. The van der Waals surface area contributed by atoms with Gasteiger partial charge in [-0.05, 0) is 12.5 Å². The molecule has 0 aromatic heterocycles. The second-order valence-corrected chi connectivity index (χ2v) is 5.72. The van der Waals surface area contributed by atoms with Gasteiger partial charge in [-0.2, -0.15) is 0 Å². The standard InChI is InChI=1S/C10H22O5Si/c1-9(2)10(11,15-7-6-12-3)8-16(13-4)14-5/h11,16H,1,6-8H2,2-5H3. The zero-order chi connectivity index (χ0) is 12.6. The third-order valence-corrected chi connectivity index (χ3v) is 4.20. The summed E-state index contributed by atoms with van der Waals surface area (Å²) in [7, 11) is 2.80. The van der Waals surface area contributed by atoms with Crippen LogP contribution in [0.25, 0.3) is 0 Å². The predicted octanol–water partition coefficient (Wildman–Crippen LogP) is 0.427. The number of rotatable bonds is 9. The lowest BCUT2D eigenvalue weighted by Crippen LogP contribution is -2.40. The Morgan fingerprint density at radius 1 is 1.25 bits per heavy atom. The fourth-order valence-corrected chi connectivity index (χ4v) is 2.58. The highest BCUT2D eigenvalue weighted by Crippen LogP contribution is 2.24. The average molecular weight is 250 g/mol. The van der Waals surface area contributed by atoms with Crippen molar-refractivity contribution in [2.75, 3.05) is 34.5 Å². The van der Waals surface area contributed by atoms with Crippen LogP contribution in [-0.2, 0) is 18.3 Å². The van der Waals surface area contributed by atoms with Crippen molar-refractivity contribution in [1.29, 1.82) is 0 Å². The lowest BCUT2D eigenvalue weighted by atomic mass is 10.1. The Labute approximate surface area is 98.8 Å². The average Bonchev–Trinajstić information content (AvgIpc) is 2.26. The predicted molar refractivity (Wildman–Crippen MR) is 63.6 cm³/mol. The Bertz CT molecular complexity index is 207. The van der Waals surface area contributed by atoms with Gasteiger partial charge in [0, 0.05) is 27.4 Å². The maximum Gasteiger partial charge on any atom is 0.326 e. The van der Waals surface area contributed by atoms with Crippen LogP contribution in [-0.4, -0.2) is 54.7 Å². The number of methoxy groups -OCH3 is 1. The van der Waals surface area contributed by atoms with Gasteiger partial charge >= 0.3 is 9.28 Å². The molecule has 0 spiro atoms. The third-order valence-electron chi connectivity index (χ3n) is 2.26. The second kappa shape index (κ2) is 7.94. The van der Waals surface area contributed by atoms with Crippen molar-refractivity contribution in [3.05, 3.63) is 12.2 Å². The molecule has 0 fully saturated rings. The largest absolute Gasteiger partial charge is 0.400 e. The van der Waals surface area contributed by atoms with Crippen LogP contribution in [0.4, 0.5) is 0 Å². The fourth-order valence-electron chi connectivity index (χ4n) is 1.14. The minimum absolute atomic E-state index is 0.300. The van der Waals surface area contributed by atoms with Crippen LogP contribution in [0.15, 0.2) is 12.2 Å². The summed E-state index contributed by atoms with van der Waals surface area (Å²) in [6.07, 6.45) is 0. The van der Waals surface area contributed by atoms with Crippen LogP contribution in [0.3, 0.4) is 0 Å². The summed E-state index contributed by atoms with van der Waals surface area (Å²) < 4.78 is 20.5. The SMILES string of the molecule is C=C(C)C(O)(C[SiH](OC)OC)OCCOC. The van der Waals surface area contributed by atoms with Gasteiger partial charge in [0.1, 0.15) is 0 Å². The summed E-state index contributed by atoms with van der Waals surface area (Å²) >= 11 is 0. The van der Waals surface area contributed by atoms with E-state index in [0.29, 0.717) is 24.8 Å². The Hall–Kier alpha value is -0.243. The van der Waals surface area contributed by atoms with Crippen molar-refractivity contribution in [3.8, 4) is 0 Å². The quantitative estimate of drug-likeness (QED) is 0.278. The molecule has 1 N–H and O–H groups in total. The van der Waals surface area contributed by atoms with E-state index < -0.39 is 15.1 Å². The first-order valence-corrected chi connectivity index (χ1v) is 6.83. The van der Waals surface area contributed by atoms with Gasteiger partial charge in [0.2, 0.25) is 0 Å². The second-order valence-electron chi connectivity index (χ2n) is 3.51. The van der Waals surface area contributed by atoms with Crippen LogP contribution in [0.5, 0.6) is 0 Å². The molecular formula is C10H22O5Si. The molecule has 0 aromatic carbocycles. The highest BCUT2D eigenvalue weighted by Gasteiger charge is 2.34. The van der Waals surface area contributed by atoms with E-state index in [-0.39, 0.29) is 0 Å². The maximum absolute atomic E-state index is 10.2. The summed E-state index contributed by atoms with van der Waals surface area (Å²) in [5.74, 6) is -1.39. The summed E-state index contributed by atoms with van der Waals surface area (Å²) in [4.78, 5) is 0. The van der Waals surface area contributed by atoms with Crippen molar-refractivity contribution in [2.45, 2.75) is 18.8 Å². The van der Waals surface area contributed by atoms with E-state index in [9.17, 15) is 5.11 Å². The molecule has 16 heavy (non-hydrogen) atoms. The van der Waals surface area contributed by atoms with E-state index in [1.807, 2.05) is 0 Å². The molecule has 0 aliphatic carbocycles. The first-order chi connectivity index (χ1) is 7.50. The minimum atomic E-state index is -1.90. The Kier molecular flexibility index (Phi) is 7.82. The first kappa shape index (κ1) is 15.8. The number of aliphatic hydroxyl groups is 1. The molecule has 5 nitrogen and oxygen atoms in total. The topological polar surface area (TPSA) is 57.2 Å². The molecule has 96 valence electrons. The van der Waals surface area contributed by atoms with Crippen molar-refractivity contribution in [3.63, 3.8) is 0 Å². The Balaban J connectivity index is 4.37. The number of hydrogen-bond donors (Lipinski definition) is 1. The monoisotopic (exact) mass is 250 g/mol. The van der Waals surface area contributed by atoms with Gasteiger partial charge in [-0.25, -0.2) is 0 Å². The fraction of sp³-hybridized carbons (Fsp3) is 0.800. The minimum Gasteiger partial charge on any atom is -0.400 e. The molecule has 0 heterocycles. The van der Waals surface area contributed by atoms with Crippen molar-refractivity contribution >= 4 is 9.28 Å². The molecule has 0 saturated carbocycles. The molecule has 6 heteroatoms. The van der Waals surface area contributed by atoms with E-state index in [2.05, 4.69) is 6.58 Å². The normalized spacial score (nSPS) is 15.1. The van der Waals surface area contributed by atoms with Gasteiger partial charge in [0.15, 0.2) is 5.79 Å². The summed E-state index contributed by atoms with van der Waals surface area (Å²) in [5.41, 5.74) is 0.537. The van der Waals surface area contributed by atoms with Crippen LogP contribution in [0.1, 0.15) is 6.92 Å². The van der Waals surface area contributed by atoms with Crippen LogP contribution < -0.4 is 0 Å². The zero-order valence-electron chi connectivity index (χ0n) is 10.5. The number of hydrogen-bond acceptors (Lipinski definition) is 5. The van der Waals surface area contributed by atoms with E-state index in [4.69, 9.17) is 18.3 Å². The van der Waals surface area contributed by atoms with Crippen LogP contribution in [0.2, 0.25) is 6.04 Å². The third kappa shape index (κ3) is 5.20. The van der Waals surface area contributed by atoms with Gasteiger partial charge in [0.05, 0.1) is 13.2 Å². The summed E-state index contributed by atoms with van der Waals surface area (Å²) in [5, 5.41) is 10.2. The molecular weight excluding hydrogens is 228 g/mol. The van der Waals surface area contributed by atoms with Crippen LogP contribution in [0, 0.1) is 0 Å². The molecule has 0 saturated heterocycles. The smallest absolute Gasteiger partial charge is 0.326 e. The summed E-state index contributed by atoms with van der Waals surface area (Å²) in [6.45, 7) is 6.15. The molecule has 0 aliphatic rings. The zero-order valence-corrected chi connectivity index (χ0v) is 11.6. The van der Waals surface area contributed by atoms with E-state index in [1.54, 1.807) is 28.3 Å². The molecule has 1 unspecified atom stereocenters. The van der Waals surface area contributed by atoms with Crippen molar-refractivity contribution in [1.82, 2.24) is 0 Å². The molecule has 0 bridgehead atoms. The maximum atomic E-state index is 10.2. The molecule has 0 radical (unpaired) electrons. The Morgan fingerprint density at radius 3 is 2.19 bits per heavy atom. The highest BCUT2D eigenvalue weighted by molar-refractivity contribution is 6.44. The van der Waals surface area contributed by atoms with Gasteiger partial charge in [-0.15, -0.1) is 0 Å². The van der Waals surface area contributed by atoms with Gasteiger partial charge in [-0.3, -0.25) is 0 Å². The molecule has 0 aliphatic heterocycles. The molecule has 0 amide bonds. The van der Waals surface area contributed by atoms with Gasteiger partial charge < -0.3 is 23.4 Å². The van der Waals surface area contributed by atoms with Crippen molar-refractivity contribution in [2.24, 2.45) is 0 Å². The molecule has 0 rings (SSSR count). The van der Waals surface area contributed by atoms with Crippen molar-refractivity contribution < 1.29 is 23.4 Å². The molecule has 0 aromatic rings. The first-order valence-electron chi connectivity index (χ1n) is 5.07. The van der Waals surface area contributed by atoms with E-state index in [1.165, 1.54) is 0 Å². The van der Waals surface area contributed by atoms with Gasteiger partial charge in [-0.1, -0.05) is 6.58 Å². The lowest BCUT2D eigenvalue weighted by Gasteiger charge is -2.30. The summed E-state index contributed by atoms with van der Waals surface area (Å²) in [6, 6.07) is 0.305. The Morgan fingerprint density at radius 2 is 1.81 bits per heavy atom. The highest BCUT2D eigenvalue weighted by atomic mass is 28.3. The lowest BCUT2D eigenvalue weighted by molar-refractivity contribution is -0.170. The van der Waals surface area contributed by atoms with Gasteiger partial charge in [0.25, 0.3) is 0 Å². The molecule has 1 atom stereocenters. The van der Waals surface area contributed by atoms with Crippen LogP contribution >= 0.6 is 0 Å². The van der Waals surface area contributed by atoms with E-state index in [0.717, 1.165) is 0 Å². The van der Waals surface area contributed by atoms with E-state index >= 15 is 0 Å².